The molecule has 1 aliphatic rings. The van der Waals surface area contributed by atoms with E-state index in [1.54, 1.807) is 38.5 Å². The SMILES string of the molecule is COc1ccc(OC)c(/C=C2/NC(=O)N(Cc3ccc(C)cc3)C2=O)c1. The molecule has 1 N–H and O–H groups in total. The number of ether oxygens (including phenoxy) is 2. The molecule has 2 aromatic rings. The number of nitrogens with one attached hydrogen (secondary N) is 1. The zero-order chi connectivity index (χ0) is 18.7. The fraction of sp³-hybridized carbons (Fsp3) is 0.200. The molecule has 2 aromatic carbocycles. The van der Waals surface area contributed by atoms with E-state index in [0.717, 1.165) is 11.1 Å². The van der Waals surface area contributed by atoms with E-state index in [2.05, 4.69) is 5.32 Å². The van der Waals surface area contributed by atoms with E-state index in [1.165, 1.54) is 4.90 Å². The van der Waals surface area contributed by atoms with E-state index < -0.39 is 6.03 Å². The Morgan fingerprint density at radius 3 is 2.42 bits per heavy atom. The van der Waals surface area contributed by atoms with E-state index in [0.29, 0.717) is 17.1 Å². The van der Waals surface area contributed by atoms with Crippen molar-refractivity contribution in [1.29, 1.82) is 0 Å². The molecule has 0 aromatic heterocycles. The van der Waals surface area contributed by atoms with Gasteiger partial charge in [0.2, 0.25) is 0 Å². The molecular formula is C20H20N2O4. The number of carbonyl (C=O) groups excluding carboxylic acids is 2. The summed E-state index contributed by atoms with van der Waals surface area (Å²) in [5, 5.41) is 2.62. The van der Waals surface area contributed by atoms with Crippen LogP contribution in [0.5, 0.6) is 11.5 Å². The minimum atomic E-state index is -0.441. The summed E-state index contributed by atoms with van der Waals surface area (Å²) < 4.78 is 10.5. The summed E-state index contributed by atoms with van der Waals surface area (Å²) in [6.45, 7) is 2.21. The number of amides is 3. The third-order valence-electron chi connectivity index (χ3n) is 4.16. The summed E-state index contributed by atoms with van der Waals surface area (Å²) in [7, 11) is 3.10. The van der Waals surface area contributed by atoms with Crippen LogP contribution in [0, 0.1) is 6.92 Å². The van der Waals surface area contributed by atoms with Crippen molar-refractivity contribution in [1.82, 2.24) is 10.2 Å². The van der Waals surface area contributed by atoms with Gasteiger partial charge in [-0.1, -0.05) is 29.8 Å². The van der Waals surface area contributed by atoms with Gasteiger partial charge in [0.1, 0.15) is 17.2 Å². The smallest absolute Gasteiger partial charge is 0.329 e. The number of hydrogen-bond donors (Lipinski definition) is 1. The van der Waals surface area contributed by atoms with Crippen LogP contribution in [0.3, 0.4) is 0 Å². The molecule has 26 heavy (non-hydrogen) atoms. The molecule has 0 aliphatic carbocycles. The molecule has 3 rings (SSSR count). The number of urea groups is 1. The summed E-state index contributed by atoms with van der Waals surface area (Å²) in [4.78, 5) is 26.1. The second-order valence-electron chi connectivity index (χ2n) is 5.97. The van der Waals surface area contributed by atoms with Crippen molar-refractivity contribution in [3.63, 3.8) is 0 Å². The number of nitrogens with zero attached hydrogens (tertiary/aromatic N) is 1. The van der Waals surface area contributed by atoms with Crippen LogP contribution in [0.4, 0.5) is 4.79 Å². The Bertz CT molecular complexity index is 872. The van der Waals surface area contributed by atoms with Crippen molar-refractivity contribution in [2.24, 2.45) is 0 Å². The van der Waals surface area contributed by atoms with E-state index >= 15 is 0 Å². The van der Waals surface area contributed by atoms with Crippen LogP contribution in [0.15, 0.2) is 48.2 Å². The first-order chi connectivity index (χ1) is 12.5. The van der Waals surface area contributed by atoms with Gasteiger partial charge in [0.15, 0.2) is 0 Å². The van der Waals surface area contributed by atoms with Crippen LogP contribution in [-0.4, -0.2) is 31.1 Å². The average molecular weight is 352 g/mol. The molecule has 0 radical (unpaired) electrons. The first-order valence-corrected chi connectivity index (χ1v) is 8.14. The molecule has 1 fully saturated rings. The first-order valence-electron chi connectivity index (χ1n) is 8.14. The Morgan fingerprint density at radius 2 is 1.77 bits per heavy atom. The largest absolute Gasteiger partial charge is 0.497 e. The lowest BCUT2D eigenvalue weighted by Gasteiger charge is -2.12. The minimum Gasteiger partial charge on any atom is -0.497 e. The highest BCUT2D eigenvalue weighted by Gasteiger charge is 2.33. The van der Waals surface area contributed by atoms with E-state index in [1.807, 2.05) is 31.2 Å². The summed E-state index contributed by atoms with van der Waals surface area (Å²) >= 11 is 0. The number of benzene rings is 2. The maximum atomic E-state index is 12.6. The lowest BCUT2D eigenvalue weighted by molar-refractivity contribution is -0.123. The van der Waals surface area contributed by atoms with Gasteiger partial charge in [0.25, 0.3) is 5.91 Å². The Kier molecular flexibility index (Phi) is 4.93. The minimum absolute atomic E-state index is 0.202. The van der Waals surface area contributed by atoms with Crippen molar-refractivity contribution in [2.45, 2.75) is 13.5 Å². The van der Waals surface area contributed by atoms with Crippen molar-refractivity contribution < 1.29 is 19.1 Å². The summed E-state index contributed by atoms with van der Waals surface area (Å²) in [6.07, 6.45) is 1.59. The predicted octanol–water partition coefficient (Wildman–Crippen LogP) is 3.11. The zero-order valence-electron chi connectivity index (χ0n) is 14.9. The Hall–Kier alpha value is -3.28. The van der Waals surface area contributed by atoms with Gasteiger partial charge in [-0.15, -0.1) is 0 Å². The molecule has 0 unspecified atom stereocenters. The number of aryl methyl sites for hydroxylation is 1. The van der Waals surface area contributed by atoms with Crippen LogP contribution >= 0.6 is 0 Å². The van der Waals surface area contributed by atoms with E-state index in [4.69, 9.17) is 9.47 Å². The van der Waals surface area contributed by atoms with Crippen LogP contribution in [0.2, 0.25) is 0 Å². The molecule has 1 heterocycles. The summed E-state index contributed by atoms with van der Waals surface area (Å²) in [5.74, 6) is 0.837. The van der Waals surface area contributed by atoms with Gasteiger partial charge >= 0.3 is 6.03 Å². The molecule has 3 amide bonds. The molecule has 1 aliphatic heterocycles. The number of methoxy groups -OCH3 is 2. The molecule has 0 spiro atoms. The highest BCUT2D eigenvalue weighted by atomic mass is 16.5. The molecule has 6 heteroatoms. The summed E-state index contributed by atoms with van der Waals surface area (Å²) in [5.41, 5.74) is 2.86. The fourth-order valence-electron chi connectivity index (χ4n) is 2.70. The monoisotopic (exact) mass is 352 g/mol. The van der Waals surface area contributed by atoms with E-state index in [9.17, 15) is 9.59 Å². The quantitative estimate of drug-likeness (QED) is 0.663. The van der Waals surface area contributed by atoms with Crippen molar-refractivity contribution in [3.8, 4) is 11.5 Å². The van der Waals surface area contributed by atoms with Gasteiger partial charge in [-0.2, -0.15) is 0 Å². The molecule has 0 atom stereocenters. The van der Waals surface area contributed by atoms with Gasteiger partial charge in [0.05, 0.1) is 20.8 Å². The third-order valence-corrected chi connectivity index (χ3v) is 4.16. The molecule has 1 saturated heterocycles. The van der Waals surface area contributed by atoms with Crippen molar-refractivity contribution in [2.75, 3.05) is 14.2 Å². The number of rotatable bonds is 5. The normalized spacial score (nSPS) is 15.3. The highest BCUT2D eigenvalue weighted by Crippen LogP contribution is 2.27. The first kappa shape index (κ1) is 17.5. The summed E-state index contributed by atoms with van der Waals surface area (Å²) in [6, 6.07) is 12.5. The van der Waals surface area contributed by atoms with Crippen LogP contribution in [0.25, 0.3) is 6.08 Å². The number of carbonyl (C=O) groups is 2. The second-order valence-corrected chi connectivity index (χ2v) is 5.97. The maximum absolute atomic E-state index is 12.6. The van der Waals surface area contributed by atoms with Crippen molar-refractivity contribution in [3.05, 3.63) is 64.9 Å². The second kappa shape index (κ2) is 7.31. The molecule has 134 valence electrons. The lowest BCUT2D eigenvalue weighted by atomic mass is 10.1. The van der Waals surface area contributed by atoms with Gasteiger partial charge in [-0.25, -0.2) is 4.79 Å². The number of imide groups is 1. The average Bonchev–Trinajstić information content (AvgIpc) is 2.90. The van der Waals surface area contributed by atoms with E-state index in [-0.39, 0.29) is 18.1 Å². The van der Waals surface area contributed by atoms with Gasteiger partial charge < -0.3 is 14.8 Å². The zero-order valence-corrected chi connectivity index (χ0v) is 14.9. The molecule has 0 bridgehead atoms. The third kappa shape index (κ3) is 3.54. The molecule has 6 nitrogen and oxygen atoms in total. The van der Waals surface area contributed by atoms with Gasteiger partial charge in [0, 0.05) is 5.56 Å². The van der Waals surface area contributed by atoms with Crippen LogP contribution < -0.4 is 14.8 Å². The molecular weight excluding hydrogens is 332 g/mol. The van der Waals surface area contributed by atoms with Gasteiger partial charge in [-0.05, 0) is 36.8 Å². The standard InChI is InChI=1S/C20H20N2O4/c1-13-4-6-14(7-5-13)12-22-19(23)17(21-20(22)24)11-15-10-16(25-2)8-9-18(15)26-3/h4-11H,12H2,1-3H3,(H,21,24)/b17-11+. The van der Waals surface area contributed by atoms with Gasteiger partial charge in [-0.3, -0.25) is 9.69 Å². The van der Waals surface area contributed by atoms with Crippen LogP contribution in [-0.2, 0) is 11.3 Å². The topological polar surface area (TPSA) is 67.9 Å². The predicted molar refractivity (Wildman–Crippen MR) is 97.8 cm³/mol. The Labute approximate surface area is 152 Å². The van der Waals surface area contributed by atoms with Crippen molar-refractivity contribution >= 4 is 18.0 Å². The number of hydrogen-bond acceptors (Lipinski definition) is 4. The lowest BCUT2D eigenvalue weighted by Crippen LogP contribution is -2.30. The molecule has 0 saturated carbocycles. The van der Waals surface area contributed by atoms with Crippen LogP contribution in [0.1, 0.15) is 16.7 Å². The Balaban J connectivity index is 1.86. The maximum Gasteiger partial charge on any atom is 0.329 e. The highest BCUT2D eigenvalue weighted by molar-refractivity contribution is 6.14. The Morgan fingerprint density at radius 1 is 1.04 bits per heavy atom. The fourth-order valence-corrected chi connectivity index (χ4v) is 2.70.